The number of hydrogen-bond acceptors (Lipinski definition) is 3. The fourth-order valence-corrected chi connectivity index (χ4v) is 2.42. The lowest BCUT2D eigenvalue weighted by Gasteiger charge is -2.19. The lowest BCUT2D eigenvalue weighted by atomic mass is 10.00. The van der Waals surface area contributed by atoms with Crippen molar-refractivity contribution >= 4 is 0 Å². The normalized spacial score (nSPS) is 13.2. The van der Waals surface area contributed by atoms with Gasteiger partial charge in [-0.25, -0.2) is 0 Å². The number of hydrogen-bond donors (Lipinski definition) is 1. The fraction of sp³-hybridized carbons (Fsp3) is 0.647. The number of rotatable bonds is 9. The highest BCUT2D eigenvalue weighted by atomic mass is 15.1. The second kappa shape index (κ2) is 9.11. The molecule has 1 aromatic rings. The van der Waals surface area contributed by atoms with Crippen LogP contribution in [0.25, 0.3) is 0 Å². The Morgan fingerprint density at radius 3 is 2.25 bits per heavy atom. The van der Waals surface area contributed by atoms with E-state index in [9.17, 15) is 0 Å². The minimum atomic E-state index is 0.576. The first-order valence-electron chi connectivity index (χ1n) is 7.59. The quantitative estimate of drug-likeness (QED) is 0.748. The molecule has 0 amide bonds. The van der Waals surface area contributed by atoms with Gasteiger partial charge in [0, 0.05) is 13.1 Å². The molecular formula is C17H31N3. The number of nitrogens with zero attached hydrogens (tertiary/aromatic N) is 2. The van der Waals surface area contributed by atoms with Crippen LogP contribution in [0.3, 0.4) is 0 Å². The Morgan fingerprint density at radius 1 is 1.05 bits per heavy atom. The molecule has 20 heavy (non-hydrogen) atoms. The Labute approximate surface area is 125 Å². The molecule has 1 rings (SSSR count). The summed E-state index contributed by atoms with van der Waals surface area (Å²) in [6, 6.07) is 9.07. The van der Waals surface area contributed by atoms with E-state index in [0.717, 1.165) is 26.2 Å². The van der Waals surface area contributed by atoms with Gasteiger partial charge in [0.05, 0.1) is 0 Å². The molecule has 0 saturated heterocycles. The van der Waals surface area contributed by atoms with Crippen molar-refractivity contribution in [1.82, 2.24) is 15.1 Å². The third kappa shape index (κ3) is 6.51. The first kappa shape index (κ1) is 17.2. The van der Waals surface area contributed by atoms with E-state index >= 15 is 0 Å². The number of likely N-dealkylation sites (N-methyl/N-ethyl adjacent to an activating group) is 1. The van der Waals surface area contributed by atoms with E-state index in [1.54, 1.807) is 0 Å². The second-order valence-electron chi connectivity index (χ2n) is 6.09. The molecule has 1 N–H and O–H groups in total. The minimum absolute atomic E-state index is 0.576. The zero-order chi connectivity index (χ0) is 15.0. The summed E-state index contributed by atoms with van der Waals surface area (Å²) in [5.41, 5.74) is 2.82. The summed E-state index contributed by atoms with van der Waals surface area (Å²) in [4.78, 5) is 4.64. The molecule has 1 aromatic carbocycles. The van der Waals surface area contributed by atoms with Crippen LogP contribution >= 0.6 is 0 Å². The van der Waals surface area contributed by atoms with Gasteiger partial charge >= 0.3 is 0 Å². The summed E-state index contributed by atoms with van der Waals surface area (Å²) in [7, 11) is 8.47. The summed E-state index contributed by atoms with van der Waals surface area (Å²) in [5, 5.41) is 3.23. The van der Waals surface area contributed by atoms with Crippen LogP contribution in [0.2, 0.25) is 0 Å². The molecule has 1 unspecified atom stereocenters. The van der Waals surface area contributed by atoms with Crippen molar-refractivity contribution in [3.8, 4) is 0 Å². The molecule has 1 atom stereocenters. The Bertz CT molecular complexity index is 359. The molecule has 0 aliphatic rings. The van der Waals surface area contributed by atoms with Crippen molar-refractivity contribution in [1.29, 1.82) is 0 Å². The van der Waals surface area contributed by atoms with Gasteiger partial charge in [-0.1, -0.05) is 31.2 Å². The van der Waals surface area contributed by atoms with Gasteiger partial charge in [-0.3, -0.25) is 0 Å². The fourth-order valence-electron chi connectivity index (χ4n) is 2.42. The van der Waals surface area contributed by atoms with E-state index in [0.29, 0.717) is 5.92 Å². The molecule has 0 radical (unpaired) electrons. The number of benzene rings is 1. The Hall–Kier alpha value is -0.900. The van der Waals surface area contributed by atoms with E-state index in [1.165, 1.54) is 17.5 Å². The standard InChI is InChI=1S/C17H31N3/c1-15(13-18-2)17-9-7-16(8-10-17)14-20(5)12-6-11-19(3)4/h7-10,15,18H,6,11-14H2,1-5H3. The lowest BCUT2D eigenvalue weighted by molar-refractivity contribution is 0.294. The Kier molecular flexibility index (Phi) is 7.82. The van der Waals surface area contributed by atoms with E-state index < -0.39 is 0 Å². The Morgan fingerprint density at radius 2 is 1.70 bits per heavy atom. The van der Waals surface area contributed by atoms with Crippen LogP contribution in [0.1, 0.15) is 30.4 Å². The summed E-state index contributed by atoms with van der Waals surface area (Å²) >= 11 is 0. The van der Waals surface area contributed by atoms with Crippen molar-refractivity contribution in [2.45, 2.75) is 25.8 Å². The van der Waals surface area contributed by atoms with E-state index in [2.05, 4.69) is 67.4 Å². The van der Waals surface area contributed by atoms with Crippen LogP contribution in [0.15, 0.2) is 24.3 Å². The zero-order valence-corrected chi connectivity index (χ0v) is 13.8. The van der Waals surface area contributed by atoms with Crippen molar-refractivity contribution in [3.63, 3.8) is 0 Å². The van der Waals surface area contributed by atoms with Crippen molar-refractivity contribution in [3.05, 3.63) is 35.4 Å². The van der Waals surface area contributed by atoms with E-state index in [4.69, 9.17) is 0 Å². The van der Waals surface area contributed by atoms with Gasteiger partial charge in [-0.2, -0.15) is 0 Å². The van der Waals surface area contributed by atoms with E-state index in [-0.39, 0.29) is 0 Å². The molecule has 0 heterocycles. The first-order chi connectivity index (χ1) is 9.52. The van der Waals surface area contributed by atoms with Crippen LogP contribution in [-0.4, -0.2) is 57.6 Å². The van der Waals surface area contributed by atoms with Gasteiger partial charge in [0.1, 0.15) is 0 Å². The highest BCUT2D eigenvalue weighted by molar-refractivity contribution is 5.25. The highest BCUT2D eigenvalue weighted by Crippen LogP contribution is 2.15. The van der Waals surface area contributed by atoms with Crippen LogP contribution < -0.4 is 5.32 Å². The van der Waals surface area contributed by atoms with Crippen LogP contribution in [0.5, 0.6) is 0 Å². The van der Waals surface area contributed by atoms with Crippen molar-refractivity contribution in [2.75, 3.05) is 47.8 Å². The van der Waals surface area contributed by atoms with Gasteiger partial charge < -0.3 is 15.1 Å². The zero-order valence-electron chi connectivity index (χ0n) is 13.8. The molecule has 0 fully saturated rings. The molecule has 3 nitrogen and oxygen atoms in total. The van der Waals surface area contributed by atoms with Gasteiger partial charge in [-0.05, 0) is 64.7 Å². The average molecular weight is 277 g/mol. The first-order valence-corrected chi connectivity index (χ1v) is 7.59. The maximum absolute atomic E-state index is 3.23. The maximum atomic E-state index is 3.23. The largest absolute Gasteiger partial charge is 0.319 e. The smallest absolute Gasteiger partial charge is 0.0230 e. The molecule has 3 heteroatoms. The van der Waals surface area contributed by atoms with Gasteiger partial charge in [0.25, 0.3) is 0 Å². The molecular weight excluding hydrogens is 246 g/mol. The van der Waals surface area contributed by atoms with Crippen LogP contribution in [-0.2, 0) is 6.54 Å². The van der Waals surface area contributed by atoms with Gasteiger partial charge in [0.15, 0.2) is 0 Å². The van der Waals surface area contributed by atoms with Gasteiger partial charge in [-0.15, -0.1) is 0 Å². The summed E-state index contributed by atoms with van der Waals surface area (Å²) < 4.78 is 0. The van der Waals surface area contributed by atoms with Crippen molar-refractivity contribution < 1.29 is 0 Å². The summed E-state index contributed by atoms with van der Waals surface area (Å²) in [5.74, 6) is 0.576. The van der Waals surface area contributed by atoms with Gasteiger partial charge in [0.2, 0.25) is 0 Å². The average Bonchev–Trinajstić information content (AvgIpc) is 2.39. The van der Waals surface area contributed by atoms with Crippen molar-refractivity contribution in [2.24, 2.45) is 0 Å². The summed E-state index contributed by atoms with van der Waals surface area (Å²) in [6.07, 6.45) is 1.22. The molecule has 0 aromatic heterocycles. The molecule has 0 saturated carbocycles. The maximum Gasteiger partial charge on any atom is 0.0230 e. The molecule has 0 spiro atoms. The third-order valence-corrected chi connectivity index (χ3v) is 3.66. The summed E-state index contributed by atoms with van der Waals surface area (Å²) in [6.45, 7) is 6.64. The Balaban J connectivity index is 2.40. The third-order valence-electron chi connectivity index (χ3n) is 3.66. The monoisotopic (exact) mass is 277 g/mol. The lowest BCUT2D eigenvalue weighted by Crippen LogP contribution is -2.23. The molecule has 0 bridgehead atoms. The molecule has 0 aliphatic heterocycles. The van der Waals surface area contributed by atoms with Crippen LogP contribution in [0, 0.1) is 0 Å². The molecule has 114 valence electrons. The SMILES string of the molecule is CNCC(C)c1ccc(CN(C)CCCN(C)C)cc1. The van der Waals surface area contributed by atoms with Crippen LogP contribution in [0.4, 0.5) is 0 Å². The highest BCUT2D eigenvalue weighted by Gasteiger charge is 2.05. The topological polar surface area (TPSA) is 18.5 Å². The van der Waals surface area contributed by atoms with E-state index in [1.807, 2.05) is 7.05 Å². The second-order valence-corrected chi connectivity index (χ2v) is 6.09. The minimum Gasteiger partial charge on any atom is -0.319 e. The molecule has 0 aliphatic carbocycles. The predicted octanol–water partition coefficient (Wildman–Crippen LogP) is 2.39. The predicted molar refractivity (Wildman–Crippen MR) is 88.3 cm³/mol. The number of nitrogens with one attached hydrogen (secondary N) is 1.